The van der Waals surface area contributed by atoms with Crippen molar-refractivity contribution in [2.24, 2.45) is 10.9 Å². The molecule has 6 heteroatoms. The second-order valence-corrected chi connectivity index (χ2v) is 8.90. The highest BCUT2D eigenvalue weighted by Gasteiger charge is 2.40. The Kier molecular flexibility index (Phi) is 5.24. The molecule has 0 unspecified atom stereocenters. The summed E-state index contributed by atoms with van der Waals surface area (Å²) in [6, 6.07) is 0. The van der Waals surface area contributed by atoms with Gasteiger partial charge in [-0.15, -0.1) is 0 Å². The normalized spacial score (nSPS) is 22.6. The SMILES string of the molecule is CN=C(NCCC(C)C)N1CCS(=O)(=O)C(C)(C)C1. The van der Waals surface area contributed by atoms with Crippen LogP contribution in [0.1, 0.15) is 34.1 Å². The molecule has 1 fully saturated rings. The van der Waals surface area contributed by atoms with E-state index in [9.17, 15) is 8.42 Å². The second kappa shape index (κ2) is 6.11. The van der Waals surface area contributed by atoms with Crippen molar-refractivity contribution in [1.82, 2.24) is 10.2 Å². The molecule has 1 aliphatic rings. The summed E-state index contributed by atoms with van der Waals surface area (Å²) in [4.78, 5) is 6.30. The standard InChI is InChI=1S/C13H27N3O2S/c1-11(2)6-7-15-12(14-5)16-8-9-19(17,18)13(3,4)10-16/h11H,6-10H2,1-5H3,(H,14,15). The highest BCUT2D eigenvalue weighted by atomic mass is 32.2. The van der Waals surface area contributed by atoms with Gasteiger partial charge in [-0.2, -0.15) is 0 Å². The summed E-state index contributed by atoms with van der Waals surface area (Å²) in [6.45, 7) is 9.83. The molecule has 5 nitrogen and oxygen atoms in total. The molecule has 0 aliphatic carbocycles. The molecule has 0 aromatic rings. The third-order valence-corrected chi connectivity index (χ3v) is 6.09. The fourth-order valence-electron chi connectivity index (χ4n) is 2.13. The van der Waals surface area contributed by atoms with Crippen LogP contribution in [0.4, 0.5) is 0 Å². The first-order valence-corrected chi connectivity index (χ1v) is 8.53. The van der Waals surface area contributed by atoms with Crippen LogP contribution in [0, 0.1) is 5.92 Å². The Morgan fingerprint density at radius 1 is 1.42 bits per heavy atom. The molecule has 0 bridgehead atoms. The molecule has 1 N–H and O–H groups in total. The van der Waals surface area contributed by atoms with Gasteiger partial charge in [0.15, 0.2) is 15.8 Å². The van der Waals surface area contributed by atoms with Crippen molar-refractivity contribution in [1.29, 1.82) is 0 Å². The first-order valence-electron chi connectivity index (χ1n) is 6.87. The van der Waals surface area contributed by atoms with Crippen molar-refractivity contribution in [3.63, 3.8) is 0 Å². The molecule has 1 rings (SSSR count). The lowest BCUT2D eigenvalue weighted by atomic mass is 10.1. The molecule has 0 saturated carbocycles. The summed E-state index contributed by atoms with van der Waals surface area (Å²) in [5, 5.41) is 3.32. The Bertz CT molecular complexity index is 427. The first kappa shape index (κ1) is 16.3. The third-order valence-electron chi connectivity index (χ3n) is 3.56. The van der Waals surface area contributed by atoms with Crippen molar-refractivity contribution in [2.75, 3.05) is 32.4 Å². The highest BCUT2D eigenvalue weighted by molar-refractivity contribution is 7.92. The van der Waals surface area contributed by atoms with Crippen LogP contribution in [-0.4, -0.2) is 56.5 Å². The van der Waals surface area contributed by atoms with Gasteiger partial charge in [0.05, 0.1) is 10.5 Å². The summed E-state index contributed by atoms with van der Waals surface area (Å²) >= 11 is 0. The zero-order chi connectivity index (χ0) is 14.7. The fraction of sp³-hybridized carbons (Fsp3) is 0.923. The Balaban J connectivity index is 2.65. The van der Waals surface area contributed by atoms with Crippen molar-refractivity contribution in [2.45, 2.75) is 38.9 Å². The van der Waals surface area contributed by atoms with Gasteiger partial charge in [-0.25, -0.2) is 8.42 Å². The predicted octanol–water partition coefficient (Wildman–Crippen LogP) is 1.12. The summed E-state index contributed by atoms with van der Waals surface area (Å²) in [5.74, 6) is 1.65. The van der Waals surface area contributed by atoms with Crippen LogP contribution in [0.3, 0.4) is 0 Å². The number of sulfone groups is 1. The number of rotatable bonds is 3. The Hall–Kier alpha value is -0.780. The molecular formula is C13H27N3O2S. The zero-order valence-corrected chi connectivity index (χ0v) is 13.5. The van der Waals surface area contributed by atoms with Crippen LogP contribution < -0.4 is 5.32 Å². The van der Waals surface area contributed by atoms with E-state index < -0.39 is 14.6 Å². The van der Waals surface area contributed by atoms with Crippen LogP contribution in [0.15, 0.2) is 4.99 Å². The molecule has 0 radical (unpaired) electrons. The van der Waals surface area contributed by atoms with Gasteiger partial charge >= 0.3 is 0 Å². The minimum atomic E-state index is -2.99. The van der Waals surface area contributed by atoms with E-state index >= 15 is 0 Å². The molecule has 1 heterocycles. The monoisotopic (exact) mass is 289 g/mol. The maximum absolute atomic E-state index is 12.0. The van der Waals surface area contributed by atoms with Gasteiger partial charge in [0.2, 0.25) is 0 Å². The molecule has 19 heavy (non-hydrogen) atoms. The Morgan fingerprint density at radius 3 is 2.53 bits per heavy atom. The third kappa shape index (κ3) is 4.09. The van der Waals surface area contributed by atoms with Gasteiger partial charge in [0.25, 0.3) is 0 Å². The maximum atomic E-state index is 12.0. The number of aliphatic imine (C=N–C) groups is 1. The molecule has 0 aromatic carbocycles. The maximum Gasteiger partial charge on any atom is 0.193 e. The fourth-order valence-corrected chi connectivity index (χ4v) is 3.50. The van der Waals surface area contributed by atoms with Crippen LogP contribution in [0.2, 0.25) is 0 Å². The van der Waals surface area contributed by atoms with Gasteiger partial charge in [-0.3, -0.25) is 4.99 Å². The molecule has 0 atom stereocenters. The minimum absolute atomic E-state index is 0.199. The van der Waals surface area contributed by atoms with Crippen LogP contribution >= 0.6 is 0 Å². The van der Waals surface area contributed by atoms with E-state index in [0.717, 1.165) is 18.9 Å². The molecule has 0 aromatic heterocycles. The Morgan fingerprint density at radius 2 is 2.05 bits per heavy atom. The zero-order valence-electron chi connectivity index (χ0n) is 12.7. The minimum Gasteiger partial charge on any atom is -0.356 e. The smallest absolute Gasteiger partial charge is 0.193 e. The molecule has 1 saturated heterocycles. The highest BCUT2D eigenvalue weighted by Crippen LogP contribution is 2.23. The van der Waals surface area contributed by atoms with E-state index in [-0.39, 0.29) is 5.75 Å². The van der Waals surface area contributed by atoms with E-state index in [2.05, 4.69) is 24.2 Å². The van der Waals surface area contributed by atoms with Gasteiger partial charge in [-0.05, 0) is 26.2 Å². The average molecular weight is 289 g/mol. The van der Waals surface area contributed by atoms with E-state index in [1.165, 1.54) is 0 Å². The molecule has 1 aliphatic heterocycles. The average Bonchev–Trinajstić information content (AvgIpc) is 2.28. The number of nitrogens with one attached hydrogen (secondary N) is 1. The lowest BCUT2D eigenvalue weighted by Gasteiger charge is -2.39. The number of guanidine groups is 1. The van der Waals surface area contributed by atoms with Crippen molar-refractivity contribution in [3.8, 4) is 0 Å². The van der Waals surface area contributed by atoms with E-state index in [4.69, 9.17) is 0 Å². The topological polar surface area (TPSA) is 61.8 Å². The van der Waals surface area contributed by atoms with Gasteiger partial charge in [-0.1, -0.05) is 13.8 Å². The largest absolute Gasteiger partial charge is 0.356 e. The van der Waals surface area contributed by atoms with E-state index in [1.807, 2.05) is 4.90 Å². The predicted molar refractivity (Wildman–Crippen MR) is 80.3 cm³/mol. The summed E-state index contributed by atoms with van der Waals surface area (Å²) in [7, 11) is -1.25. The molecule has 0 spiro atoms. The molecular weight excluding hydrogens is 262 g/mol. The number of hydrogen-bond acceptors (Lipinski definition) is 3. The van der Waals surface area contributed by atoms with Gasteiger partial charge in [0, 0.05) is 26.7 Å². The molecule has 0 amide bonds. The van der Waals surface area contributed by atoms with Crippen LogP contribution in [0.5, 0.6) is 0 Å². The van der Waals surface area contributed by atoms with Crippen molar-refractivity contribution < 1.29 is 8.42 Å². The van der Waals surface area contributed by atoms with Crippen LogP contribution in [0.25, 0.3) is 0 Å². The van der Waals surface area contributed by atoms with Crippen molar-refractivity contribution in [3.05, 3.63) is 0 Å². The van der Waals surface area contributed by atoms with E-state index in [0.29, 0.717) is 19.0 Å². The lowest BCUT2D eigenvalue weighted by molar-refractivity contribution is 0.352. The quantitative estimate of drug-likeness (QED) is 0.625. The summed E-state index contributed by atoms with van der Waals surface area (Å²) in [6.07, 6.45) is 1.08. The van der Waals surface area contributed by atoms with Gasteiger partial charge < -0.3 is 10.2 Å². The van der Waals surface area contributed by atoms with E-state index in [1.54, 1.807) is 20.9 Å². The second-order valence-electron chi connectivity index (χ2n) is 6.16. The summed E-state index contributed by atoms with van der Waals surface area (Å²) < 4.78 is 23.2. The Labute approximate surface area is 117 Å². The number of nitrogens with zero attached hydrogens (tertiary/aromatic N) is 2. The first-order chi connectivity index (χ1) is 8.69. The lowest BCUT2D eigenvalue weighted by Crippen LogP contribution is -2.57. The van der Waals surface area contributed by atoms with Crippen molar-refractivity contribution >= 4 is 15.8 Å². The number of hydrogen-bond donors (Lipinski definition) is 1. The van der Waals surface area contributed by atoms with Gasteiger partial charge in [0.1, 0.15) is 0 Å². The van der Waals surface area contributed by atoms with Crippen LogP contribution in [-0.2, 0) is 9.84 Å². The summed E-state index contributed by atoms with van der Waals surface area (Å²) in [5.41, 5.74) is 0. The molecule has 112 valence electrons.